The highest BCUT2D eigenvalue weighted by atomic mass is 35.5. The van der Waals surface area contributed by atoms with Crippen LogP contribution in [0.1, 0.15) is 22.8 Å². The van der Waals surface area contributed by atoms with Crippen LogP contribution in [0.5, 0.6) is 0 Å². The Labute approximate surface area is 123 Å². The van der Waals surface area contributed by atoms with E-state index in [-0.39, 0.29) is 0 Å². The summed E-state index contributed by atoms with van der Waals surface area (Å²) in [5, 5.41) is 13.6. The van der Waals surface area contributed by atoms with Crippen LogP contribution in [0.25, 0.3) is 10.8 Å². The Morgan fingerprint density at radius 1 is 0.900 bits per heavy atom. The van der Waals surface area contributed by atoms with Gasteiger partial charge in [-0.3, -0.25) is 0 Å². The highest BCUT2D eigenvalue weighted by molar-refractivity contribution is 6.31. The standard InChI is InChI=1S/C18H15ClO/c1-12-10-11-13-6-2-3-7-14(13)17(12)18(20)15-8-4-5-9-16(15)19/h2-11,18,20H,1H3. The van der Waals surface area contributed by atoms with Crippen LogP contribution < -0.4 is 0 Å². The lowest BCUT2D eigenvalue weighted by Crippen LogP contribution is -2.03. The fourth-order valence-corrected chi connectivity index (χ4v) is 2.86. The van der Waals surface area contributed by atoms with Gasteiger partial charge in [-0.1, -0.05) is 66.2 Å². The van der Waals surface area contributed by atoms with E-state index in [1.165, 1.54) is 0 Å². The number of hydrogen-bond acceptors (Lipinski definition) is 1. The molecule has 3 aromatic rings. The highest BCUT2D eigenvalue weighted by Gasteiger charge is 2.18. The second-order valence-corrected chi connectivity index (χ2v) is 5.35. The Bertz CT molecular complexity index is 764. The van der Waals surface area contributed by atoms with Crippen molar-refractivity contribution in [2.75, 3.05) is 0 Å². The number of aliphatic hydroxyl groups excluding tert-OH is 1. The monoisotopic (exact) mass is 282 g/mol. The molecule has 1 nitrogen and oxygen atoms in total. The van der Waals surface area contributed by atoms with Gasteiger partial charge in [-0.05, 0) is 34.9 Å². The van der Waals surface area contributed by atoms with Gasteiger partial charge in [-0.25, -0.2) is 0 Å². The normalized spacial score (nSPS) is 12.6. The average Bonchev–Trinajstić information content (AvgIpc) is 2.47. The molecule has 0 fully saturated rings. The van der Waals surface area contributed by atoms with Crippen molar-refractivity contribution >= 4 is 22.4 Å². The maximum absolute atomic E-state index is 10.8. The van der Waals surface area contributed by atoms with E-state index in [9.17, 15) is 5.11 Å². The number of aryl methyl sites for hydroxylation is 1. The predicted molar refractivity (Wildman–Crippen MR) is 84.2 cm³/mol. The molecule has 0 spiro atoms. The first-order chi connectivity index (χ1) is 9.68. The molecule has 0 aliphatic rings. The van der Waals surface area contributed by atoms with Gasteiger partial charge in [0, 0.05) is 10.6 Å². The first kappa shape index (κ1) is 13.2. The zero-order chi connectivity index (χ0) is 14.1. The highest BCUT2D eigenvalue weighted by Crippen LogP contribution is 2.34. The Morgan fingerprint density at radius 3 is 2.40 bits per heavy atom. The van der Waals surface area contributed by atoms with Gasteiger partial charge in [-0.15, -0.1) is 0 Å². The van der Waals surface area contributed by atoms with Crippen molar-refractivity contribution in [2.24, 2.45) is 0 Å². The molecule has 0 saturated heterocycles. The summed E-state index contributed by atoms with van der Waals surface area (Å²) in [7, 11) is 0. The molecule has 0 heterocycles. The fourth-order valence-electron chi connectivity index (χ4n) is 2.62. The van der Waals surface area contributed by atoms with Crippen molar-refractivity contribution in [3.8, 4) is 0 Å². The number of aliphatic hydroxyl groups is 1. The number of halogens is 1. The lowest BCUT2D eigenvalue weighted by atomic mass is 9.92. The maximum atomic E-state index is 10.8. The van der Waals surface area contributed by atoms with Gasteiger partial charge in [0.25, 0.3) is 0 Å². The van der Waals surface area contributed by atoms with Crippen LogP contribution in [0.4, 0.5) is 0 Å². The molecule has 3 rings (SSSR count). The van der Waals surface area contributed by atoms with Crippen molar-refractivity contribution in [1.82, 2.24) is 0 Å². The molecule has 100 valence electrons. The number of benzene rings is 3. The molecule has 0 amide bonds. The van der Waals surface area contributed by atoms with E-state index < -0.39 is 6.10 Å². The van der Waals surface area contributed by atoms with Crippen molar-refractivity contribution in [3.63, 3.8) is 0 Å². The van der Waals surface area contributed by atoms with Crippen LogP contribution >= 0.6 is 11.6 Å². The summed E-state index contributed by atoms with van der Waals surface area (Å²) in [5.41, 5.74) is 2.74. The molecule has 0 aromatic heterocycles. The number of hydrogen-bond donors (Lipinski definition) is 1. The van der Waals surface area contributed by atoms with Crippen LogP contribution in [0, 0.1) is 6.92 Å². The third-order valence-electron chi connectivity index (χ3n) is 3.66. The lowest BCUT2D eigenvalue weighted by molar-refractivity contribution is 0.221. The predicted octanol–water partition coefficient (Wildman–Crippen LogP) is 4.88. The summed E-state index contributed by atoms with van der Waals surface area (Å²) in [5.74, 6) is 0. The quantitative estimate of drug-likeness (QED) is 0.710. The molecule has 2 heteroatoms. The van der Waals surface area contributed by atoms with Crippen LogP contribution in [0.15, 0.2) is 60.7 Å². The summed E-state index contributed by atoms with van der Waals surface area (Å²) in [6, 6.07) is 19.6. The van der Waals surface area contributed by atoms with Crippen LogP contribution in [0.2, 0.25) is 5.02 Å². The molecule has 0 radical (unpaired) electrons. The molecule has 0 bridgehead atoms. The van der Waals surface area contributed by atoms with Crippen molar-refractivity contribution < 1.29 is 5.11 Å². The van der Waals surface area contributed by atoms with Crippen LogP contribution in [-0.4, -0.2) is 5.11 Å². The summed E-state index contributed by atoms with van der Waals surface area (Å²) in [6.45, 7) is 2.02. The van der Waals surface area contributed by atoms with Gasteiger partial charge in [0.15, 0.2) is 0 Å². The third kappa shape index (κ3) is 2.20. The molecule has 20 heavy (non-hydrogen) atoms. The molecule has 1 unspecified atom stereocenters. The van der Waals surface area contributed by atoms with Gasteiger partial charge in [-0.2, -0.15) is 0 Å². The van der Waals surface area contributed by atoms with E-state index in [1.807, 2.05) is 49.4 Å². The molecule has 1 N–H and O–H groups in total. The Balaban J connectivity index is 2.24. The Kier molecular flexibility index (Phi) is 3.47. The molecular weight excluding hydrogens is 268 g/mol. The van der Waals surface area contributed by atoms with Crippen LogP contribution in [0.3, 0.4) is 0 Å². The minimum absolute atomic E-state index is 0.590. The summed E-state index contributed by atoms with van der Waals surface area (Å²) in [4.78, 5) is 0. The fraction of sp³-hybridized carbons (Fsp3) is 0.111. The van der Waals surface area contributed by atoms with Crippen LogP contribution in [-0.2, 0) is 0 Å². The first-order valence-electron chi connectivity index (χ1n) is 6.59. The second-order valence-electron chi connectivity index (χ2n) is 4.94. The van der Waals surface area contributed by atoms with Gasteiger partial charge >= 0.3 is 0 Å². The number of rotatable bonds is 2. The zero-order valence-electron chi connectivity index (χ0n) is 11.2. The molecule has 0 saturated carbocycles. The third-order valence-corrected chi connectivity index (χ3v) is 4.01. The molecular formula is C18H15ClO. The second kappa shape index (κ2) is 5.28. The summed E-state index contributed by atoms with van der Waals surface area (Å²) >= 11 is 6.21. The van der Waals surface area contributed by atoms with E-state index in [0.29, 0.717) is 5.02 Å². The Morgan fingerprint density at radius 2 is 1.60 bits per heavy atom. The minimum atomic E-state index is -0.713. The minimum Gasteiger partial charge on any atom is -0.384 e. The van der Waals surface area contributed by atoms with Gasteiger partial charge in [0.2, 0.25) is 0 Å². The van der Waals surface area contributed by atoms with E-state index in [2.05, 4.69) is 12.1 Å². The van der Waals surface area contributed by atoms with E-state index in [4.69, 9.17) is 11.6 Å². The molecule has 0 aliphatic heterocycles. The van der Waals surface area contributed by atoms with Crippen molar-refractivity contribution in [2.45, 2.75) is 13.0 Å². The lowest BCUT2D eigenvalue weighted by Gasteiger charge is -2.18. The summed E-state index contributed by atoms with van der Waals surface area (Å²) in [6.07, 6.45) is -0.713. The van der Waals surface area contributed by atoms with E-state index >= 15 is 0 Å². The Hall–Kier alpha value is -1.83. The smallest absolute Gasteiger partial charge is 0.106 e. The van der Waals surface area contributed by atoms with Gasteiger partial charge in [0.05, 0.1) is 0 Å². The zero-order valence-corrected chi connectivity index (χ0v) is 11.9. The molecule has 0 aliphatic carbocycles. The molecule has 3 aromatic carbocycles. The van der Waals surface area contributed by atoms with Gasteiger partial charge < -0.3 is 5.11 Å². The van der Waals surface area contributed by atoms with E-state index in [1.54, 1.807) is 6.07 Å². The average molecular weight is 283 g/mol. The first-order valence-corrected chi connectivity index (χ1v) is 6.97. The molecule has 1 atom stereocenters. The van der Waals surface area contributed by atoms with Gasteiger partial charge in [0.1, 0.15) is 6.10 Å². The van der Waals surface area contributed by atoms with Crippen molar-refractivity contribution in [1.29, 1.82) is 0 Å². The summed E-state index contributed by atoms with van der Waals surface area (Å²) < 4.78 is 0. The topological polar surface area (TPSA) is 20.2 Å². The largest absolute Gasteiger partial charge is 0.384 e. The SMILES string of the molecule is Cc1ccc2ccccc2c1C(O)c1ccccc1Cl. The van der Waals surface area contributed by atoms with E-state index in [0.717, 1.165) is 27.5 Å². The van der Waals surface area contributed by atoms with Crippen molar-refractivity contribution in [3.05, 3.63) is 82.4 Å². The number of fused-ring (bicyclic) bond motifs is 1. The maximum Gasteiger partial charge on any atom is 0.106 e.